The maximum Gasteiger partial charge on any atom is 0.0285 e. The van der Waals surface area contributed by atoms with Gasteiger partial charge in [0, 0.05) is 20.8 Å². The van der Waals surface area contributed by atoms with Gasteiger partial charge in [-0.15, -0.1) is 11.3 Å². The lowest BCUT2D eigenvalue weighted by Gasteiger charge is -2.18. The van der Waals surface area contributed by atoms with E-state index in [0.29, 0.717) is 6.04 Å². The maximum atomic E-state index is 3.70. The van der Waals surface area contributed by atoms with E-state index in [9.17, 15) is 0 Å². The van der Waals surface area contributed by atoms with Gasteiger partial charge in [0.25, 0.3) is 0 Å². The molecule has 21 heavy (non-hydrogen) atoms. The third-order valence-corrected chi connectivity index (χ3v) is 5.37. The molecule has 0 aliphatic carbocycles. The van der Waals surface area contributed by atoms with Crippen LogP contribution in [0.25, 0.3) is 0 Å². The summed E-state index contributed by atoms with van der Waals surface area (Å²) in [5.41, 5.74) is 2.78. The first-order chi connectivity index (χ1) is 10.2. The zero-order chi connectivity index (χ0) is 15.1. The summed E-state index contributed by atoms with van der Waals surface area (Å²) in [7, 11) is 0. The average molecular weight is 366 g/mol. The first-order valence-electron chi connectivity index (χ1n) is 7.69. The number of halogens is 1. The van der Waals surface area contributed by atoms with E-state index < -0.39 is 0 Å². The van der Waals surface area contributed by atoms with E-state index in [-0.39, 0.29) is 0 Å². The second-order valence-electron chi connectivity index (χ2n) is 5.61. The number of hydrogen-bond acceptors (Lipinski definition) is 2. The molecule has 0 aliphatic rings. The molecule has 1 unspecified atom stereocenters. The van der Waals surface area contributed by atoms with Gasteiger partial charge >= 0.3 is 0 Å². The predicted octanol–water partition coefficient (Wildman–Crippen LogP) is 5.36. The molecule has 0 saturated heterocycles. The highest BCUT2D eigenvalue weighted by Crippen LogP contribution is 2.22. The second kappa shape index (κ2) is 8.72. The molecule has 0 bridgehead atoms. The van der Waals surface area contributed by atoms with Gasteiger partial charge < -0.3 is 5.32 Å². The Morgan fingerprint density at radius 2 is 2.00 bits per heavy atom. The van der Waals surface area contributed by atoms with Gasteiger partial charge in [0.2, 0.25) is 0 Å². The van der Waals surface area contributed by atoms with Gasteiger partial charge in [-0.25, -0.2) is 0 Å². The van der Waals surface area contributed by atoms with Gasteiger partial charge in [-0.05, 0) is 66.7 Å². The van der Waals surface area contributed by atoms with Crippen molar-refractivity contribution in [2.24, 2.45) is 0 Å². The van der Waals surface area contributed by atoms with Crippen LogP contribution in [0, 0.1) is 6.92 Å². The fraction of sp³-hybridized carbons (Fsp3) is 0.444. The van der Waals surface area contributed by atoms with Crippen LogP contribution < -0.4 is 5.32 Å². The lowest BCUT2D eigenvalue weighted by Crippen LogP contribution is -2.32. The summed E-state index contributed by atoms with van der Waals surface area (Å²) >= 11 is 5.40. The van der Waals surface area contributed by atoms with Crippen LogP contribution in [0.1, 0.15) is 35.8 Å². The summed E-state index contributed by atoms with van der Waals surface area (Å²) in [6.07, 6.45) is 4.66. The smallest absolute Gasteiger partial charge is 0.0285 e. The minimum Gasteiger partial charge on any atom is -0.314 e. The first kappa shape index (κ1) is 16.7. The van der Waals surface area contributed by atoms with Crippen LogP contribution in [0.4, 0.5) is 0 Å². The van der Waals surface area contributed by atoms with E-state index in [1.807, 2.05) is 11.3 Å². The van der Waals surface area contributed by atoms with Crippen LogP contribution in [0.15, 0.2) is 40.2 Å². The highest BCUT2D eigenvalue weighted by atomic mass is 79.9. The van der Waals surface area contributed by atoms with E-state index >= 15 is 0 Å². The van der Waals surface area contributed by atoms with Crippen LogP contribution in [0.3, 0.4) is 0 Å². The van der Waals surface area contributed by atoms with Gasteiger partial charge in [0.05, 0.1) is 0 Å². The molecule has 1 atom stereocenters. The monoisotopic (exact) mass is 365 g/mol. The molecule has 1 nitrogen and oxygen atoms in total. The summed E-state index contributed by atoms with van der Waals surface area (Å²) < 4.78 is 1.20. The quantitative estimate of drug-likeness (QED) is 0.663. The van der Waals surface area contributed by atoms with Gasteiger partial charge in [0.1, 0.15) is 0 Å². The highest BCUT2D eigenvalue weighted by molar-refractivity contribution is 9.10. The van der Waals surface area contributed by atoms with Crippen LogP contribution in [-0.2, 0) is 12.8 Å². The molecule has 0 saturated carbocycles. The molecule has 1 N–H and O–H groups in total. The zero-order valence-electron chi connectivity index (χ0n) is 12.9. The number of aryl methyl sites for hydroxylation is 2. The standard InChI is InChI=1S/C18H24BrNS/c1-3-10-20-17(12-18-11-16(19)13-21-18)9-8-15-6-4-14(2)5-7-15/h4-7,11,13,17,20H,3,8-10,12H2,1-2H3. The fourth-order valence-corrected chi connectivity index (χ4v) is 3.96. The highest BCUT2D eigenvalue weighted by Gasteiger charge is 2.10. The van der Waals surface area contributed by atoms with Crippen molar-refractivity contribution in [3.8, 4) is 0 Å². The SMILES string of the molecule is CCCNC(CCc1ccc(C)cc1)Cc1cc(Br)cs1. The molecule has 3 heteroatoms. The largest absolute Gasteiger partial charge is 0.314 e. The molecule has 0 amide bonds. The minimum absolute atomic E-state index is 0.566. The topological polar surface area (TPSA) is 12.0 Å². The van der Waals surface area contributed by atoms with Gasteiger partial charge in [-0.3, -0.25) is 0 Å². The Morgan fingerprint density at radius 1 is 1.24 bits per heavy atom. The number of rotatable bonds is 8. The van der Waals surface area contributed by atoms with Crippen LogP contribution in [0.5, 0.6) is 0 Å². The molecule has 0 aliphatic heterocycles. The van der Waals surface area contributed by atoms with E-state index in [1.54, 1.807) is 0 Å². The molecule has 0 fully saturated rings. The summed E-state index contributed by atoms with van der Waals surface area (Å²) in [5.74, 6) is 0. The maximum absolute atomic E-state index is 3.70. The van der Waals surface area contributed by atoms with Crippen molar-refractivity contribution in [1.82, 2.24) is 5.32 Å². The molecule has 1 heterocycles. The fourth-order valence-electron chi connectivity index (χ4n) is 2.42. The van der Waals surface area contributed by atoms with Crippen molar-refractivity contribution in [2.75, 3.05) is 6.54 Å². The number of hydrogen-bond donors (Lipinski definition) is 1. The third-order valence-electron chi connectivity index (χ3n) is 3.65. The summed E-state index contributed by atoms with van der Waals surface area (Å²) in [6.45, 7) is 5.47. The first-order valence-corrected chi connectivity index (χ1v) is 9.36. The third kappa shape index (κ3) is 5.93. The van der Waals surface area contributed by atoms with Crippen molar-refractivity contribution in [1.29, 1.82) is 0 Å². The molecule has 2 rings (SSSR count). The average Bonchev–Trinajstić information content (AvgIpc) is 2.89. The normalized spacial score (nSPS) is 12.5. The van der Waals surface area contributed by atoms with Gasteiger partial charge in [-0.2, -0.15) is 0 Å². The number of thiophene rings is 1. The Labute approximate surface area is 140 Å². The summed E-state index contributed by atoms with van der Waals surface area (Å²) in [5, 5.41) is 5.87. The Bertz CT molecular complexity index is 532. The Kier molecular flexibility index (Phi) is 6.94. The Morgan fingerprint density at radius 3 is 2.62 bits per heavy atom. The van der Waals surface area contributed by atoms with Crippen molar-refractivity contribution >= 4 is 27.3 Å². The van der Waals surface area contributed by atoms with Gasteiger partial charge in [-0.1, -0.05) is 36.8 Å². The molecule has 114 valence electrons. The van der Waals surface area contributed by atoms with Crippen molar-refractivity contribution in [3.05, 3.63) is 56.2 Å². The van der Waals surface area contributed by atoms with E-state index in [2.05, 4.69) is 70.8 Å². The van der Waals surface area contributed by atoms with Gasteiger partial charge in [0.15, 0.2) is 0 Å². The number of benzene rings is 1. The Hall–Kier alpha value is -0.640. The molecule has 2 aromatic rings. The zero-order valence-corrected chi connectivity index (χ0v) is 15.3. The molecule has 0 spiro atoms. The van der Waals surface area contributed by atoms with Crippen molar-refractivity contribution in [3.63, 3.8) is 0 Å². The van der Waals surface area contributed by atoms with Crippen molar-refractivity contribution < 1.29 is 0 Å². The molecular weight excluding hydrogens is 342 g/mol. The van der Waals surface area contributed by atoms with Crippen LogP contribution in [0.2, 0.25) is 0 Å². The molecular formula is C18H24BrNS. The summed E-state index contributed by atoms with van der Waals surface area (Å²) in [4.78, 5) is 1.46. The molecule has 0 radical (unpaired) electrons. The summed E-state index contributed by atoms with van der Waals surface area (Å²) in [6, 6.07) is 11.7. The second-order valence-corrected chi connectivity index (χ2v) is 7.52. The molecule has 1 aromatic carbocycles. The van der Waals surface area contributed by atoms with E-state index in [1.165, 1.54) is 33.3 Å². The van der Waals surface area contributed by atoms with Crippen molar-refractivity contribution in [2.45, 2.75) is 45.6 Å². The Balaban J connectivity index is 1.90. The van der Waals surface area contributed by atoms with Crippen LogP contribution >= 0.6 is 27.3 Å². The lowest BCUT2D eigenvalue weighted by atomic mass is 10.0. The number of nitrogens with one attached hydrogen (secondary N) is 1. The van der Waals surface area contributed by atoms with E-state index in [0.717, 1.165) is 19.4 Å². The molecule has 1 aromatic heterocycles. The minimum atomic E-state index is 0.566. The predicted molar refractivity (Wildman–Crippen MR) is 97.3 cm³/mol. The van der Waals surface area contributed by atoms with Crippen LogP contribution in [-0.4, -0.2) is 12.6 Å². The lowest BCUT2D eigenvalue weighted by molar-refractivity contribution is 0.480. The van der Waals surface area contributed by atoms with E-state index in [4.69, 9.17) is 0 Å².